The van der Waals surface area contributed by atoms with Crippen LogP contribution in [0.15, 0.2) is 157 Å². The van der Waals surface area contributed by atoms with Crippen molar-refractivity contribution in [3.8, 4) is 33.4 Å². The van der Waals surface area contributed by atoms with Gasteiger partial charge in [-0.1, -0.05) is 147 Å². The third-order valence-electron chi connectivity index (χ3n) is 10.3. The van der Waals surface area contributed by atoms with Crippen LogP contribution in [-0.4, -0.2) is 3.21 Å². The van der Waals surface area contributed by atoms with Gasteiger partial charge in [0, 0.05) is 0 Å². The summed E-state index contributed by atoms with van der Waals surface area (Å²) >= 11 is 0.729. The smallest absolute Gasteiger partial charge is 0.0181 e. The van der Waals surface area contributed by atoms with E-state index >= 15 is 0 Å². The van der Waals surface area contributed by atoms with Crippen molar-refractivity contribution in [2.75, 3.05) is 0 Å². The van der Waals surface area contributed by atoms with E-state index in [1.54, 1.807) is 0 Å². The van der Waals surface area contributed by atoms with E-state index in [-0.39, 0.29) is 41.4 Å². The van der Waals surface area contributed by atoms with Gasteiger partial charge in [-0.05, 0) is 23.1 Å². The molecule has 0 aromatic heterocycles. The van der Waals surface area contributed by atoms with E-state index in [2.05, 4.69) is 150 Å². The third kappa shape index (κ3) is 12.7. The van der Waals surface area contributed by atoms with Crippen LogP contribution in [0.3, 0.4) is 0 Å². The number of rotatable bonds is 5. The molecular weight excluding hydrogens is 901 g/mol. The molecule has 0 spiro atoms. The molecule has 0 aliphatic heterocycles. The second kappa shape index (κ2) is 20.7. The van der Waals surface area contributed by atoms with Crippen molar-refractivity contribution in [1.82, 2.24) is 0 Å². The van der Waals surface area contributed by atoms with E-state index < -0.39 is 23.5 Å². The molecule has 0 saturated carbocycles. The normalized spacial score (nSPS) is 13.9. The van der Waals surface area contributed by atoms with E-state index in [1.807, 2.05) is 0 Å². The number of hydrogen-bond donors (Lipinski definition) is 0. The van der Waals surface area contributed by atoms with Crippen molar-refractivity contribution < 1.29 is 75.4 Å². The first-order valence-corrected chi connectivity index (χ1v) is 20.7. The summed E-state index contributed by atoms with van der Waals surface area (Å²) in [4.78, 5) is 0. The molecule has 1 atom stereocenters. The minimum absolute atomic E-state index is 0. The summed E-state index contributed by atoms with van der Waals surface area (Å²) in [7, 11) is 0. The number of halogens is 8. The van der Waals surface area contributed by atoms with Gasteiger partial charge >= 0.3 is 137 Å². The summed E-state index contributed by atoms with van der Waals surface area (Å²) in [5.41, 5.74) is 11.0. The zero-order chi connectivity index (χ0) is 42.5. The van der Waals surface area contributed by atoms with Crippen LogP contribution in [0.2, 0.25) is 0 Å². The topological polar surface area (TPSA) is 0 Å². The molecule has 0 fully saturated rings. The maximum atomic E-state index is 12.7. The van der Waals surface area contributed by atoms with Gasteiger partial charge in [-0.25, -0.2) is 6.08 Å². The Balaban J connectivity index is 0.000000210. The average Bonchev–Trinajstić information content (AvgIpc) is 3.87. The predicted molar refractivity (Wildman–Crippen MR) is 224 cm³/mol. The number of allylic oxidation sites excluding steroid dienone is 4. The Morgan fingerprint density at radius 2 is 1.13 bits per heavy atom. The molecule has 2 aliphatic carbocycles. The Kier molecular flexibility index (Phi) is 16.8. The quantitative estimate of drug-likeness (QED) is 0.120. The summed E-state index contributed by atoms with van der Waals surface area (Å²) in [5.74, 6) is 1.22. The largest absolute Gasteiger partial charge is 1.00 e. The molecule has 0 amide bonds. The fourth-order valence-corrected chi connectivity index (χ4v) is 7.68. The van der Waals surface area contributed by atoms with Gasteiger partial charge in [0.05, 0.1) is 0 Å². The van der Waals surface area contributed by atoms with Crippen molar-refractivity contribution in [3.05, 3.63) is 203 Å². The van der Waals surface area contributed by atoms with Gasteiger partial charge in [0.1, 0.15) is 0 Å². The van der Waals surface area contributed by atoms with Gasteiger partial charge in [0.2, 0.25) is 0 Å². The Morgan fingerprint density at radius 3 is 1.61 bits per heavy atom. The van der Waals surface area contributed by atoms with E-state index in [0.29, 0.717) is 15.0 Å². The van der Waals surface area contributed by atoms with Crippen LogP contribution in [0.4, 0.5) is 26.3 Å². The minimum Gasteiger partial charge on any atom is -1.00 e. The monoisotopic (exact) mass is 942 g/mol. The fraction of sp³-hybridized carbons (Fsp3) is 0.212. The summed E-state index contributed by atoms with van der Waals surface area (Å²) in [6, 6.07) is 45.2. The molecular formula is C52H44Cl2F6Zr-2. The molecule has 0 nitrogen and oxygen atoms in total. The standard InChI is InChI=1S/C25H17.C15H8F6.C12H19.2ClH.Zr/c1-3-7-18(8-4-1)20-11-13-24-22(15-20)17-23-16-21(12-14-25(23)24)19-9-5-2-6-10-19;16-14(17,18)12-5-1-3-10(8-12)7-11-4-2-6-13(9-11)15(19,20)21;1-9(2)10-6-7-11(8-10)12(3,4)5;;;/h1-15H,17H2;1-6,8-9H;7-10H,1-5H3;2*1H;/q-1;;-1;;;+2/p-2. The summed E-state index contributed by atoms with van der Waals surface area (Å²) < 4.78 is 76.7. The molecule has 0 radical (unpaired) electrons. The van der Waals surface area contributed by atoms with E-state index in [0.717, 1.165) is 54.9 Å². The first kappa shape index (κ1) is 49.4. The first-order chi connectivity index (χ1) is 27.9. The molecule has 0 heterocycles. The molecule has 8 rings (SSSR count). The Morgan fingerprint density at radius 1 is 0.607 bits per heavy atom. The first-order valence-electron chi connectivity index (χ1n) is 19.4. The average molecular weight is 945 g/mol. The number of alkyl halides is 6. The molecule has 6 aromatic rings. The molecule has 0 bridgehead atoms. The molecule has 6 aromatic carbocycles. The van der Waals surface area contributed by atoms with Crippen LogP contribution in [0, 0.1) is 29.4 Å². The van der Waals surface area contributed by atoms with Gasteiger partial charge in [-0.2, -0.15) is 11.6 Å². The Bertz CT molecular complexity index is 2330. The van der Waals surface area contributed by atoms with Crippen molar-refractivity contribution in [2.45, 2.75) is 53.4 Å². The third-order valence-corrected chi connectivity index (χ3v) is 11.7. The zero-order valence-corrected chi connectivity index (χ0v) is 38.3. The second-order valence-electron chi connectivity index (χ2n) is 16.0. The Labute approximate surface area is 383 Å². The van der Waals surface area contributed by atoms with E-state index in [9.17, 15) is 26.3 Å². The van der Waals surface area contributed by atoms with Crippen LogP contribution in [0.5, 0.6) is 0 Å². The SMILES string of the molecule is CC(C)C1[C-]=CC(C(C)(C)C)=C1.FC(F)(F)c1cccc([C](=[Zr+2])c2cccc(C(F)(F)F)c2)c1.[Cl-].[Cl-].[c-]1c(-c2ccccc2)ccc2c1Cc1cc(-c3ccccc3)ccc1-2. The zero-order valence-electron chi connectivity index (χ0n) is 34.3. The summed E-state index contributed by atoms with van der Waals surface area (Å²) in [6.07, 6.45) is -0.103. The van der Waals surface area contributed by atoms with Crippen LogP contribution in [0.1, 0.15) is 68.0 Å². The van der Waals surface area contributed by atoms with Gasteiger partial charge in [-0.15, -0.1) is 29.3 Å². The Hall–Kier alpha value is -4.29. The van der Waals surface area contributed by atoms with E-state index in [4.69, 9.17) is 0 Å². The van der Waals surface area contributed by atoms with Crippen molar-refractivity contribution in [1.29, 1.82) is 0 Å². The summed E-state index contributed by atoms with van der Waals surface area (Å²) in [6.45, 7) is 11.2. The van der Waals surface area contributed by atoms with Crippen molar-refractivity contribution in [3.63, 3.8) is 0 Å². The van der Waals surface area contributed by atoms with Gasteiger partial charge in [-0.3, -0.25) is 6.08 Å². The van der Waals surface area contributed by atoms with E-state index in [1.165, 1.54) is 74.3 Å². The maximum Gasteiger partial charge on any atom is -0.0181 e. The second-order valence-corrected chi connectivity index (χ2v) is 17.3. The molecule has 1 unspecified atom stereocenters. The van der Waals surface area contributed by atoms with Crippen LogP contribution >= 0.6 is 0 Å². The van der Waals surface area contributed by atoms with Gasteiger partial charge in [0.15, 0.2) is 0 Å². The van der Waals surface area contributed by atoms with Crippen molar-refractivity contribution >= 4 is 3.21 Å². The van der Waals surface area contributed by atoms with Crippen LogP contribution in [-0.2, 0) is 43.0 Å². The molecule has 61 heavy (non-hydrogen) atoms. The minimum atomic E-state index is -4.49. The molecule has 314 valence electrons. The van der Waals surface area contributed by atoms with Gasteiger partial charge in [0.25, 0.3) is 0 Å². The number of hydrogen-bond acceptors (Lipinski definition) is 0. The molecule has 0 saturated heterocycles. The fourth-order valence-electron chi connectivity index (χ4n) is 6.92. The molecule has 2 aliphatic rings. The van der Waals surface area contributed by atoms with Crippen LogP contribution < -0.4 is 24.8 Å². The van der Waals surface area contributed by atoms with Gasteiger partial charge < -0.3 is 24.8 Å². The number of fused-ring (bicyclic) bond motifs is 3. The summed E-state index contributed by atoms with van der Waals surface area (Å²) in [5, 5.41) is 0. The molecule has 0 N–H and O–H groups in total. The molecule has 9 heteroatoms. The predicted octanol–water partition coefficient (Wildman–Crippen LogP) is 8.84. The number of benzene rings is 6. The van der Waals surface area contributed by atoms with Crippen molar-refractivity contribution in [2.24, 2.45) is 17.3 Å². The van der Waals surface area contributed by atoms with Crippen LogP contribution in [0.25, 0.3) is 33.4 Å². The maximum absolute atomic E-state index is 12.7.